The maximum absolute atomic E-state index is 12.3. The fraction of sp³-hybridized carbons (Fsp3) is 0.450. The van der Waals surface area contributed by atoms with Crippen LogP contribution in [0.2, 0.25) is 0 Å². The van der Waals surface area contributed by atoms with Gasteiger partial charge in [0.25, 0.3) is 0 Å². The van der Waals surface area contributed by atoms with Crippen LogP contribution in [0.1, 0.15) is 34.0 Å². The van der Waals surface area contributed by atoms with Crippen LogP contribution in [-0.4, -0.2) is 40.8 Å². The van der Waals surface area contributed by atoms with Crippen LogP contribution in [0.3, 0.4) is 0 Å². The van der Waals surface area contributed by atoms with Gasteiger partial charge in [-0.05, 0) is 32.3 Å². The number of aryl methyl sites for hydroxylation is 3. The number of hydrogen-bond donors (Lipinski definition) is 1. The van der Waals surface area contributed by atoms with Gasteiger partial charge in [0.1, 0.15) is 0 Å². The molecule has 2 aromatic rings. The minimum atomic E-state index is -0.0824. The van der Waals surface area contributed by atoms with Crippen molar-refractivity contribution in [3.63, 3.8) is 0 Å². The van der Waals surface area contributed by atoms with E-state index >= 15 is 0 Å². The molecule has 0 saturated carbocycles. The van der Waals surface area contributed by atoms with E-state index in [0.29, 0.717) is 19.4 Å². The van der Waals surface area contributed by atoms with E-state index in [-0.39, 0.29) is 17.9 Å². The zero-order valence-corrected chi connectivity index (χ0v) is 16.1. The first-order chi connectivity index (χ1) is 12.5. The molecule has 3 rings (SSSR count). The lowest BCUT2D eigenvalue weighted by Crippen LogP contribution is -2.38. The Balaban J connectivity index is 1.43. The number of nitrogens with zero attached hydrogens (tertiary/aromatic N) is 2. The molecule has 1 aromatic heterocycles. The fourth-order valence-electron chi connectivity index (χ4n) is 3.37. The summed E-state index contributed by atoms with van der Waals surface area (Å²) in [5, 5.41) is 3.99. The standard InChI is InChI=1S/C20H25N3O2S/c1-14-18(26-15(2)21-14)12-19(24)22-17-11-20(25)23(13-17)10-6-9-16-7-4-3-5-8-16/h3-5,7-8,17H,6,9-13H2,1-2H3,(H,22,24). The third kappa shape index (κ3) is 4.91. The van der Waals surface area contributed by atoms with Crippen LogP contribution >= 0.6 is 11.3 Å². The van der Waals surface area contributed by atoms with Gasteiger partial charge in [0.05, 0.1) is 23.2 Å². The van der Waals surface area contributed by atoms with Crippen molar-refractivity contribution in [2.75, 3.05) is 13.1 Å². The number of aromatic nitrogens is 1. The van der Waals surface area contributed by atoms with Crippen molar-refractivity contribution in [1.29, 1.82) is 0 Å². The molecule has 2 amide bonds. The lowest BCUT2D eigenvalue weighted by Gasteiger charge is -2.17. The highest BCUT2D eigenvalue weighted by Crippen LogP contribution is 2.18. The second-order valence-corrected chi connectivity index (χ2v) is 8.10. The largest absolute Gasteiger partial charge is 0.351 e. The van der Waals surface area contributed by atoms with Crippen molar-refractivity contribution in [3.8, 4) is 0 Å². The van der Waals surface area contributed by atoms with E-state index in [4.69, 9.17) is 0 Å². The van der Waals surface area contributed by atoms with Gasteiger partial charge in [-0.15, -0.1) is 11.3 Å². The number of hydrogen-bond acceptors (Lipinski definition) is 4. The Labute approximate surface area is 158 Å². The van der Waals surface area contributed by atoms with E-state index < -0.39 is 0 Å². The van der Waals surface area contributed by atoms with Crippen molar-refractivity contribution < 1.29 is 9.59 Å². The molecule has 6 heteroatoms. The monoisotopic (exact) mass is 371 g/mol. The van der Waals surface area contributed by atoms with E-state index in [1.165, 1.54) is 5.56 Å². The number of likely N-dealkylation sites (tertiary alicyclic amines) is 1. The lowest BCUT2D eigenvalue weighted by molar-refractivity contribution is -0.127. The average Bonchev–Trinajstić information content (AvgIpc) is 3.10. The molecule has 5 nitrogen and oxygen atoms in total. The van der Waals surface area contributed by atoms with Gasteiger partial charge in [0.2, 0.25) is 11.8 Å². The zero-order chi connectivity index (χ0) is 18.5. The number of amides is 2. The van der Waals surface area contributed by atoms with Crippen LogP contribution < -0.4 is 5.32 Å². The summed E-state index contributed by atoms with van der Waals surface area (Å²) in [5.74, 6) is 0.105. The number of nitrogens with one attached hydrogen (secondary N) is 1. The predicted octanol–water partition coefficient (Wildman–Crippen LogP) is 2.65. The topological polar surface area (TPSA) is 62.3 Å². The molecule has 1 aliphatic heterocycles. The second-order valence-electron chi connectivity index (χ2n) is 6.82. The number of rotatable bonds is 7. The minimum Gasteiger partial charge on any atom is -0.351 e. The average molecular weight is 372 g/mol. The Kier molecular flexibility index (Phi) is 6.04. The zero-order valence-electron chi connectivity index (χ0n) is 15.3. The minimum absolute atomic E-state index is 0.0271. The Bertz CT molecular complexity index is 773. The molecule has 2 heterocycles. The van der Waals surface area contributed by atoms with E-state index in [1.54, 1.807) is 11.3 Å². The van der Waals surface area contributed by atoms with E-state index in [2.05, 4.69) is 22.4 Å². The van der Waals surface area contributed by atoms with Crippen LogP contribution in [0.25, 0.3) is 0 Å². The number of carbonyl (C=O) groups excluding carboxylic acids is 2. The van der Waals surface area contributed by atoms with Gasteiger partial charge < -0.3 is 10.2 Å². The van der Waals surface area contributed by atoms with E-state index in [1.807, 2.05) is 36.9 Å². The van der Waals surface area contributed by atoms with Gasteiger partial charge in [-0.1, -0.05) is 30.3 Å². The summed E-state index contributed by atoms with van der Waals surface area (Å²) < 4.78 is 0. The fourth-order valence-corrected chi connectivity index (χ4v) is 4.30. The van der Waals surface area contributed by atoms with Gasteiger partial charge in [0.15, 0.2) is 0 Å². The molecule has 1 fully saturated rings. The van der Waals surface area contributed by atoms with Crippen LogP contribution in [0.4, 0.5) is 0 Å². The number of thiazole rings is 1. The Morgan fingerprint density at radius 3 is 2.77 bits per heavy atom. The molecule has 1 unspecified atom stereocenters. The van der Waals surface area contributed by atoms with Crippen molar-refractivity contribution in [1.82, 2.24) is 15.2 Å². The summed E-state index contributed by atoms with van der Waals surface area (Å²) in [7, 11) is 0. The van der Waals surface area contributed by atoms with Gasteiger partial charge in [0, 0.05) is 24.4 Å². The molecule has 0 radical (unpaired) electrons. The summed E-state index contributed by atoms with van der Waals surface area (Å²) in [6.45, 7) is 5.23. The normalized spacial score (nSPS) is 16.9. The van der Waals surface area contributed by atoms with E-state index in [0.717, 1.165) is 35.0 Å². The quantitative estimate of drug-likeness (QED) is 0.814. The van der Waals surface area contributed by atoms with Gasteiger partial charge >= 0.3 is 0 Å². The summed E-state index contributed by atoms with van der Waals surface area (Å²) >= 11 is 1.56. The van der Waals surface area contributed by atoms with Crippen LogP contribution in [-0.2, 0) is 22.4 Å². The smallest absolute Gasteiger partial charge is 0.225 e. The van der Waals surface area contributed by atoms with Crippen molar-refractivity contribution in [2.45, 2.75) is 45.6 Å². The molecule has 1 saturated heterocycles. The number of benzene rings is 1. The Morgan fingerprint density at radius 2 is 2.08 bits per heavy atom. The molecule has 1 atom stereocenters. The van der Waals surface area contributed by atoms with Crippen LogP contribution in [0, 0.1) is 13.8 Å². The van der Waals surface area contributed by atoms with Crippen molar-refractivity contribution in [2.24, 2.45) is 0 Å². The molecule has 1 aliphatic rings. The summed E-state index contributed by atoms with van der Waals surface area (Å²) in [6.07, 6.45) is 2.65. The Morgan fingerprint density at radius 1 is 1.31 bits per heavy atom. The SMILES string of the molecule is Cc1nc(C)c(CC(=O)NC2CC(=O)N(CCCc3ccccc3)C2)s1. The maximum Gasteiger partial charge on any atom is 0.225 e. The molecule has 138 valence electrons. The summed E-state index contributed by atoms with van der Waals surface area (Å²) in [5.41, 5.74) is 2.21. The van der Waals surface area contributed by atoms with Gasteiger partial charge in [-0.3, -0.25) is 9.59 Å². The first kappa shape index (κ1) is 18.6. The molecular weight excluding hydrogens is 346 g/mol. The van der Waals surface area contributed by atoms with E-state index in [9.17, 15) is 9.59 Å². The highest BCUT2D eigenvalue weighted by atomic mass is 32.1. The van der Waals surface area contributed by atoms with Crippen molar-refractivity contribution >= 4 is 23.2 Å². The van der Waals surface area contributed by atoms with Crippen LogP contribution in [0.15, 0.2) is 30.3 Å². The molecule has 0 bridgehead atoms. The van der Waals surface area contributed by atoms with Crippen LogP contribution in [0.5, 0.6) is 0 Å². The maximum atomic E-state index is 12.3. The summed E-state index contributed by atoms with van der Waals surface area (Å²) in [4.78, 5) is 31.7. The predicted molar refractivity (Wildman–Crippen MR) is 103 cm³/mol. The first-order valence-electron chi connectivity index (χ1n) is 9.05. The Hall–Kier alpha value is -2.21. The second kappa shape index (κ2) is 8.45. The highest BCUT2D eigenvalue weighted by Gasteiger charge is 2.30. The molecule has 26 heavy (non-hydrogen) atoms. The van der Waals surface area contributed by atoms with Crippen molar-refractivity contribution in [3.05, 3.63) is 51.5 Å². The third-order valence-corrected chi connectivity index (χ3v) is 5.71. The molecular formula is C20H25N3O2S. The highest BCUT2D eigenvalue weighted by molar-refractivity contribution is 7.11. The third-order valence-electron chi connectivity index (χ3n) is 4.64. The summed E-state index contributed by atoms with van der Waals surface area (Å²) in [6, 6.07) is 10.2. The molecule has 0 spiro atoms. The molecule has 0 aliphatic carbocycles. The van der Waals surface area contributed by atoms with Gasteiger partial charge in [-0.2, -0.15) is 0 Å². The molecule has 1 aromatic carbocycles. The first-order valence-corrected chi connectivity index (χ1v) is 9.87. The van der Waals surface area contributed by atoms with Gasteiger partial charge in [-0.25, -0.2) is 4.98 Å². The molecule has 1 N–H and O–H groups in total. The number of carbonyl (C=O) groups is 2. The lowest BCUT2D eigenvalue weighted by atomic mass is 10.1.